The van der Waals surface area contributed by atoms with Gasteiger partial charge in [0.15, 0.2) is 0 Å². The zero-order valence-corrected chi connectivity index (χ0v) is 15.5. The van der Waals surface area contributed by atoms with Gasteiger partial charge in [-0.25, -0.2) is 9.59 Å². The van der Waals surface area contributed by atoms with Gasteiger partial charge in [-0.1, -0.05) is 30.3 Å². The van der Waals surface area contributed by atoms with E-state index in [0.717, 1.165) is 24.1 Å². The summed E-state index contributed by atoms with van der Waals surface area (Å²) in [6.07, 6.45) is 1.37. The fourth-order valence-electron chi connectivity index (χ4n) is 3.11. The van der Waals surface area contributed by atoms with E-state index >= 15 is 0 Å². The van der Waals surface area contributed by atoms with E-state index in [1.54, 1.807) is 17.0 Å². The van der Waals surface area contributed by atoms with Gasteiger partial charge < -0.3 is 20.3 Å². The van der Waals surface area contributed by atoms with Crippen LogP contribution in [0, 0.1) is 12.8 Å². The van der Waals surface area contributed by atoms with Crippen LogP contribution in [-0.2, 0) is 0 Å². The number of rotatable bonds is 4. The Balaban J connectivity index is 1.38. The van der Waals surface area contributed by atoms with Crippen molar-refractivity contribution >= 4 is 17.8 Å². The number of hydrogen-bond donors (Lipinski definition) is 2. The molecule has 0 atom stereocenters. The summed E-state index contributed by atoms with van der Waals surface area (Å²) in [5, 5.41) is 5.76. The van der Waals surface area contributed by atoms with Crippen molar-refractivity contribution < 1.29 is 14.3 Å². The van der Waals surface area contributed by atoms with Crippen LogP contribution in [0.2, 0.25) is 0 Å². The van der Waals surface area contributed by atoms with Gasteiger partial charge in [0.05, 0.1) is 0 Å². The molecule has 0 radical (unpaired) electrons. The molecule has 0 saturated carbocycles. The highest BCUT2D eigenvalue weighted by atomic mass is 16.6. The normalized spacial score (nSPS) is 14.5. The molecule has 0 aliphatic carbocycles. The van der Waals surface area contributed by atoms with Crippen molar-refractivity contribution in [2.75, 3.05) is 25.0 Å². The van der Waals surface area contributed by atoms with Crippen LogP contribution in [0.5, 0.6) is 5.75 Å². The molecule has 3 rings (SSSR count). The van der Waals surface area contributed by atoms with Gasteiger partial charge in [-0.15, -0.1) is 0 Å². The number of hydrogen-bond acceptors (Lipinski definition) is 3. The number of nitrogens with one attached hydrogen (secondary N) is 2. The number of benzene rings is 2. The van der Waals surface area contributed by atoms with Gasteiger partial charge in [-0.05, 0) is 55.5 Å². The highest BCUT2D eigenvalue weighted by Gasteiger charge is 2.24. The Labute approximate surface area is 159 Å². The van der Waals surface area contributed by atoms with Gasteiger partial charge in [0.2, 0.25) is 0 Å². The third-order valence-electron chi connectivity index (χ3n) is 4.65. The molecule has 0 aromatic heterocycles. The number of aryl methyl sites for hydroxylation is 1. The molecule has 1 aliphatic rings. The van der Waals surface area contributed by atoms with Gasteiger partial charge in [0, 0.05) is 25.3 Å². The largest absolute Gasteiger partial charge is 0.415 e. The molecule has 1 fully saturated rings. The Bertz CT molecular complexity index is 771. The van der Waals surface area contributed by atoms with Crippen LogP contribution < -0.4 is 15.4 Å². The number of piperidine rings is 1. The van der Waals surface area contributed by atoms with E-state index in [9.17, 15) is 9.59 Å². The predicted octanol–water partition coefficient (Wildman–Crippen LogP) is 4.03. The molecule has 1 aliphatic heterocycles. The third-order valence-corrected chi connectivity index (χ3v) is 4.65. The van der Waals surface area contributed by atoms with Crippen molar-refractivity contribution in [1.82, 2.24) is 10.2 Å². The highest BCUT2D eigenvalue weighted by molar-refractivity contribution is 5.89. The molecule has 2 N–H and O–H groups in total. The van der Waals surface area contributed by atoms with E-state index in [1.165, 1.54) is 0 Å². The minimum Gasteiger partial charge on any atom is -0.410 e. The molecule has 6 heteroatoms. The molecular weight excluding hydrogens is 342 g/mol. The first kappa shape index (κ1) is 18.8. The Morgan fingerprint density at radius 1 is 1.07 bits per heavy atom. The monoisotopic (exact) mass is 367 g/mol. The van der Waals surface area contributed by atoms with Crippen LogP contribution in [0.4, 0.5) is 15.3 Å². The topological polar surface area (TPSA) is 70.7 Å². The first-order chi connectivity index (χ1) is 13.1. The summed E-state index contributed by atoms with van der Waals surface area (Å²) in [4.78, 5) is 25.9. The Morgan fingerprint density at radius 3 is 2.52 bits per heavy atom. The molecule has 1 saturated heterocycles. The smallest absolute Gasteiger partial charge is 0.410 e. The van der Waals surface area contributed by atoms with E-state index < -0.39 is 0 Å². The van der Waals surface area contributed by atoms with Gasteiger partial charge in [0.25, 0.3) is 0 Å². The highest BCUT2D eigenvalue weighted by Crippen LogP contribution is 2.18. The second kappa shape index (κ2) is 9.07. The molecule has 3 amide bonds. The zero-order valence-electron chi connectivity index (χ0n) is 15.5. The molecule has 2 aromatic rings. The average molecular weight is 367 g/mol. The number of para-hydroxylation sites is 1. The minimum atomic E-state index is -0.315. The maximum absolute atomic E-state index is 12.2. The standard InChI is InChI=1S/C21H25N3O3/c1-16-6-5-7-18(14-16)23-20(25)22-15-17-10-12-24(13-11-17)21(26)27-19-8-3-2-4-9-19/h2-9,14,17H,10-13,15H2,1H3,(H2,22,23,25). The lowest BCUT2D eigenvalue weighted by molar-refractivity contribution is 0.130. The van der Waals surface area contributed by atoms with Crippen molar-refractivity contribution in [2.24, 2.45) is 5.92 Å². The summed E-state index contributed by atoms with van der Waals surface area (Å²) >= 11 is 0. The number of nitrogens with zero attached hydrogens (tertiary/aromatic N) is 1. The molecule has 27 heavy (non-hydrogen) atoms. The van der Waals surface area contributed by atoms with Crippen LogP contribution in [0.25, 0.3) is 0 Å². The lowest BCUT2D eigenvalue weighted by Crippen LogP contribution is -2.43. The van der Waals surface area contributed by atoms with E-state index in [-0.39, 0.29) is 12.1 Å². The van der Waals surface area contributed by atoms with Crippen LogP contribution in [0.3, 0.4) is 0 Å². The van der Waals surface area contributed by atoms with Crippen LogP contribution in [-0.4, -0.2) is 36.7 Å². The Hall–Kier alpha value is -3.02. The Kier molecular flexibility index (Phi) is 6.30. The van der Waals surface area contributed by atoms with Crippen molar-refractivity contribution in [2.45, 2.75) is 19.8 Å². The first-order valence-electron chi connectivity index (χ1n) is 9.23. The molecule has 6 nitrogen and oxygen atoms in total. The van der Waals surface area contributed by atoms with Gasteiger partial charge in [-0.2, -0.15) is 0 Å². The average Bonchev–Trinajstić information content (AvgIpc) is 2.67. The van der Waals surface area contributed by atoms with Crippen LogP contribution in [0.15, 0.2) is 54.6 Å². The van der Waals surface area contributed by atoms with Crippen molar-refractivity contribution in [3.8, 4) is 5.75 Å². The minimum absolute atomic E-state index is 0.202. The van der Waals surface area contributed by atoms with E-state index in [4.69, 9.17) is 4.74 Å². The van der Waals surface area contributed by atoms with Crippen molar-refractivity contribution in [3.63, 3.8) is 0 Å². The maximum atomic E-state index is 12.2. The summed E-state index contributed by atoms with van der Waals surface area (Å²) in [6.45, 7) is 3.86. The molecule has 0 spiro atoms. The van der Waals surface area contributed by atoms with Gasteiger partial charge in [-0.3, -0.25) is 0 Å². The summed E-state index contributed by atoms with van der Waals surface area (Å²) in [7, 11) is 0. The van der Waals surface area contributed by atoms with Crippen molar-refractivity contribution in [3.05, 3.63) is 60.2 Å². The third kappa shape index (κ3) is 5.74. The molecule has 0 bridgehead atoms. The molecular formula is C21H25N3O3. The number of anilines is 1. The SMILES string of the molecule is Cc1cccc(NC(=O)NCC2CCN(C(=O)Oc3ccccc3)CC2)c1. The molecule has 0 unspecified atom stereocenters. The number of carbonyl (C=O) groups excluding carboxylic acids is 2. The van der Waals surface area contributed by atoms with E-state index in [0.29, 0.717) is 31.3 Å². The van der Waals surface area contributed by atoms with E-state index in [1.807, 2.05) is 49.4 Å². The summed E-state index contributed by atoms with van der Waals surface area (Å²) in [5.41, 5.74) is 1.88. The number of amides is 3. The van der Waals surface area contributed by atoms with E-state index in [2.05, 4.69) is 10.6 Å². The summed E-state index contributed by atoms with van der Waals surface area (Å²) in [5.74, 6) is 0.910. The quantitative estimate of drug-likeness (QED) is 0.857. The molecule has 142 valence electrons. The fourth-order valence-corrected chi connectivity index (χ4v) is 3.11. The van der Waals surface area contributed by atoms with Crippen LogP contribution in [0.1, 0.15) is 18.4 Å². The second-order valence-electron chi connectivity index (χ2n) is 6.82. The van der Waals surface area contributed by atoms with Crippen LogP contribution >= 0.6 is 0 Å². The summed E-state index contributed by atoms with van der Waals surface area (Å²) < 4.78 is 5.37. The van der Waals surface area contributed by atoms with Gasteiger partial charge >= 0.3 is 12.1 Å². The zero-order chi connectivity index (χ0) is 19.1. The second-order valence-corrected chi connectivity index (χ2v) is 6.82. The lowest BCUT2D eigenvalue weighted by Gasteiger charge is -2.31. The number of ether oxygens (including phenoxy) is 1. The number of likely N-dealkylation sites (tertiary alicyclic amines) is 1. The number of urea groups is 1. The molecule has 2 aromatic carbocycles. The maximum Gasteiger partial charge on any atom is 0.415 e. The molecule has 1 heterocycles. The van der Waals surface area contributed by atoms with Gasteiger partial charge in [0.1, 0.15) is 5.75 Å². The van der Waals surface area contributed by atoms with Crippen molar-refractivity contribution in [1.29, 1.82) is 0 Å². The lowest BCUT2D eigenvalue weighted by atomic mass is 9.97. The summed E-state index contributed by atoms with van der Waals surface area (Å²) in [6, 6.07) is 16.6. The fraction of sp³-hybridized carbons (Fsp3) is 0.333. The first-order valence-corrected chi connectivity index (χ1v) is 9.23. The number of carbonyl (C=O) groups is 2. The Morgan fingerprint density at radius 2 is 1.81 bits per heavy atom. The predicted molar refractivity (Wildman–Crippen MR) is 105 cm³/mol.